The van der Waals surface area contributed by atoms with Crippen LogP contribution >= 0.6 is 0 Å². The molecule has 1 saturated heterocycles. The van der Waals surface area contributed by atoms with E-state index in [1.165, 1.54) is 7.11 Å². The highest BCUT2D eigenvalue weighted by Crippen LogP contribution is 2.40. The topological polar surface area (TPSA) is 81.9 Å². The summed E-state index contributed by atoms with van der Waals surface area (Å²) in [5.41, 5.74) is 8.16. The van der Waals surface area contributed by atoms with E-state index < -0.39 is 36.1 Å². The predicted molar refractivity (Wildman–Crippen MR) is 101 cm³/mol. The lowest BCUT2D eigenvalue weighted by Gasteiger charge is -2.29. The van der Waals surface area contributed by atoms with E-state index in [4.69, 9.17) is 15.2 Å². The maximum absolute atomic E-state index is 12.9. The van der Waals surface area contributed by atoms with Crippen LogP contribution in [0.1, 0.15) is 24.1 Å². The Morgan fingerprint density at radius 3 is 2.22 bits per heavy atom. The lowest BCUT2D eigenvalue weighted by atomic mass is 9.92. The van der Waals surface area contributed by atoms with Gasteiger partial charge in [-0.15, -0.1) is 0 Å². The highest BCUT2D eigenvalue weighted by molar-refractivity contribution is 5.78. The van der Waals surface area contributed by atoms with Gasteiger partial charge in [0, 0.05) is 12.1 Å². The van der Waals surface area contributed by atoms with Gasteiger partial charge in [-0.1, -0.05) is 60.7 Å². The van der Waals surface area contributed by atoms with Gasteiger partial charge in [-0.25, -0.2) is 4.79 Å². The van der Waals surface area contributed by atoms with Gasteiger partial charge in [0.15, 0.2) is 0 Å². The summed E-state index contributed by atoms with van der Waals surface area (Å²) in [6.07, 6.45) is -0.498. The van der Waals surface area contributed by atoms with E-state index >= 15 is 0 Å². The first-order valence-electron chi connectivity index (χ1n) is 8.92. The van der Waals surface area contributed by atoms with Crippen molar-refractivity contribution < 1.29 is 19.1 Å². The van der Waals surface area contributed by atoms with Crippen LogP contribution in [0.5, 0.6) is 0 Å². The fourth-order valence-electron chi connectivity index (χ4n) is 3.73. The molecule has 2 aromatic carbocycles. The van der Waals surface area contributed by atoms with Crippen LogP contribution in [0, 0.1) is 5.92 Å². The smallest absolute Gasteiger partial charge is 0.410 e. The molecule has 0 radical (unpaired) electrons. The lowest BCUT2D eigenvalue weighted by Crippen LogP contribution is -2.39. The van der Waals surface area contributed by atoms with Crippen molar-refractivity contribution in [2.45, 2.75) is 31.7 Å². The third-order valence-electron chi connectivity index (χ3n) is 5.07. The third kappa shape index (κ3) is 3.80. The number of methoxy groups -OCH3 is 1. The van der Waals surface area contributed by atoms with Crippen LogP contribution in [-0.4, -0.2) is 36.2 Å². The Hall–Kier alpha value is -2.86. The monoisotopic (exact) mass is 368 g/mol. The second kappa shape index (κ2) is 8.22. The lowest BCUT2D eigenvalue weighted by molar-refractivity contribution is -0.146. The van der Waals surface area contributed by atoms with E-state index in [0.717, 1.165) is 11.1 Å². The maximum atomic E-state index is 12.9. The fraction of sp³-hybridized carbons (Fsp3) is 0.333. The minimum absolute atomic E-state index is 0.155. The van der Waals surface area contributed by atoms with Crippen molar-refractivity contribution in [2.75, 3.05) is 7.11 Å². The van der Waals surface area contributed by atoms with Gasteiger partial charge in [0.05, 0.1) is 19.1 Å². The van der Waals surface area contributed by atoms with Gasteiger partial charge in [-0.3, -0.25) is 9.69 Å². The van der Waals surface area contributed by atoms with E-state index in [9.17, 15) is 9.59 Å². The van der Waals surface area contributed by atoms with Crippen molar-refractivity contribution in [2.24, 2.45) is 11.7 Å². The third-order valence-corrected chi connectivity index (χ3v) is 5.07. The molecular formula is C21H24N2O4. The summed E-state index contributed by atoms with van der Waals surface area (Å²) in [5, 5.41) is 0. The molecule has 2 aromatic rings. The van der Waals surface area contributed by atoms with Crippen LogP contribution in [0.3, 0.4) is 0 Å². The average molecular weight is 368 g/mol. The highest BCUT2D eigenvalue weighted by atomic mass is 16.6. The summed E-state index contributed by atoms with van der Waals surface area (Å²) in [6.45, 7) is 1.96. The van der Waals surface area contributed by atoms with Crippen molar-refractivity contribution in [1.29, 1.82) is 0 Å². The second-order valence-corrected chi connectivity index (χ2v) is 6.67. The number of carbonyl (C=O) groups is 2. The summed E-state index contributed by atoms with van der Waals surface area (Å²) < 4.78 is 10.4. The molecule has 6 nitrogen and oxygen atoms in total. The number of benzene rings is 2. The average Bonchev–Trinajstić information content (AvgIpc) is 2.97. The van der Waals surface area contributed by atoms with E-state index in [0.29, 0.717) is 0 Å². The Labute approximate surface area is 158 Å². The maximum Gasteiger partial charge on any atom is 0.410 e. The van der Waals surface area contributed by atoms with Gasteiger partial charge >= 0.3 is 12.1 Å². The number of esters is 1. The highest BCUT2D eigenvalue weighted by Gasteiger charge is 2.52. The molecule has 0 bridgehead atoms. The number of hydrogen-bond donors (Lipinski definition) is 1. The number of ether oxygens (including phenoxy) is 2. The fourth-order valence-corrected chi connectivity index (χ4v) is 3.73. The Balaban J connectivity index is 1.86. The molecule has 0 saturated carbocycles. The first-order chi connectivity index (χ1) is 13.0. The normalized spacial score (nSPS) is 24.5. The van der Waals surface area contributed by atoms with Gasteiger partial charge in [-0.2, -0.15) is 0 Å². The zero-order valence-electron chi connectivity index (χ0n) is 15.4. The predicted octanol–water partition coefficient (Wildman–Crippen LogP) is 2.89. The van der Waals surface area contributed by atoms with Gasteiger partial charge in [0.1, 0.15) is 6.61 Å². The first-order valence-corrected chi connectivity index (χ1v) is 8.92. The zero-order valence-corrected chi connectivity index (χ0v) is 15.4. The van der Waals surface area contributed by atoms with E-state index in [1.807, 2.05) is 60.7 Å². The SMILES string of the molecule is COC(=O)C1C(N)C(c2ccccc2)N(C(=O)OCc2ccccc2)C1C. The molecule has 1 amide bonds. The number of carbonyl (C=O) groups excluding carboxylic acids is 2. The summed E-state index contributed by atoms with van der Waals surface area (Å²) in [7, 11) is 1.33. The number of nitrogens with zero attached hydrogens (tertiary/aromatic N) is 1. The van der Waals surface area contributed by atoms with Crippen molar-refractivity contribution >= 4 is 12.1 Å². The molecule has 0 spiro atoms. The van der Waals surface area contributed by atoms with E-state index in [2.05, 4.69) is 0 Å². The Morgan fingerprint density at radius 1 is 1.04 bits per heavy atom. The minimum atomic E-state index is -0.621. The van der Waals surface area contributed by atoms with Crippen molar-refractivity contribution in [3.63, 3.8) is 0 Å². The minimum Gasteiger partial charge on any atom is -0.469 e. The molecule has 4 atom stereocenters. The second-order valence-electron chi connectivity index (χ2n) is 6.67. The van der Waals surface area contributed by atoms with E-state index in [1.54, 1.807) is 11.8 Å². The molecule has 1 heterocycles. The van der Waals surface area contributed by atoms with Crippen LogP contribution in [0.4, 0.5) is 4.79 Å². The molecule has 2 N–H and O–H groups in total. The molecule has 1 fully saturated rings. The molecule has 1 aliphatic heterocycles. The molecule has 142 valence electrons. The summed E-state index contributed by atoms with van der Waals surface area (Å²) in [6, 6.07) is 17.4. The summed E-state index contributed by atoms with van der Waals surface area (Å²) in [5.74, 6) is -1.04. The van der Waals surface area contributed by atoms with Crippen molar-refractivity contribution in [1.82, 2.24) is 4.90 Å². The zero-order chi connectivity index (χ0) is 19.4. The molecule has 0 aromatic heterocycles. The van der Waals surface area contributed by atoms with Crippen molar-refractivity contribution in [3.8, 4) is 0 Å². The first kappa shape index (κ1) is 18.9. The van der Waals surface area contributed by atoms with Crippen LogP contribution in [0.15, 0.2) is 60.7 Å². The summed E-state index contributed by atoms with van der Waals surface area (Å²) in [4.78, 5) is 26.7. The summed E-state index contributed by atoms with van der Waals surface area (Å²) >= 11 is 0. The van der Waals surface area contributed by atoms with Crippen LogP contribution < -0.4 is 5.73 Å². The molecule has 0 aliphatic carbocycles. The van der Waals surface area contributed by atoms with Gasteiger partial charge in [0.25, 0.3) is 0 Å². The van der Waals surface area contributed by atoms with Gasteiger partial charge < -0.3 is 15.2 Å². The van der Waals surface area contributed by atoms with Crippen LogP contribution in [0.2, 0.25) is 0 Å². The number of amides is 1. The van der Waals surface area contributed by atoms with Crippen LogP contribution in [-0.2, 0) is 20.9 Å². The largest absolute Gasteiger partial charge is 0.469 e. The standard InChI is InChI=1S/C21H24N2O4/c1-14-17(20(24)26-2)18(22)19(16-11-7-4-8-12-16)23(14)21(25)27-13-15-9-5-3-6-10-15/h3-12,14,17-19H,13,22H2,1-2H3. The molecule has 6 heteroatoms. The molecule has 4 unspecified atom stereocenters. The van der Waals surface area contributed by atoms with Crippen molar-refractivity contribution in [3.05, 3.63) is 71.8 Å². The van der Waals surface area contributed by atoms with Crippen LogP contribution in [0.25, 0.3) is 0 Å². The number of hydrogen-bond acceptors (Lipinski definition) is 5. The number of likely N-dealkylation sites (tertiary alicyclic amines) is 1. The van der Waals surface area contributed by atoms with Gasteiger partial charge in [-0.05, 0) is 18.1 Å². The van der Waals surface area contributed by atoms with Gasteiger partial charge in [0.2, 0.25) is 0 Å². The Kier molecular flexibility index (Phi) is 5.76. The Bertz CT molecular complexity index is 781. The Morgan fingerprint density at radius 2 is 1.63 bits per heavy atom. The quantitative estimate of drug-likeness (QED) is 0.839. The molecule has 3 rings (SSSR count). The molecular weight excluding hydrogens is 344 g/mol. The number of rotatable bonds is 4. The number of nitrogens with two attached hydrogens (primary N) is 1. The molecule has 27 heavy (non-hydrogen) atoms. The molecule has 1 aliphatic rings. The van der Waals surface area contributed by atoms with E-state index in [-0.39, 0.29) is 6.61 Å².